The van der Waals surface area contributed by atoms with Crippen molar-refractivity contribution in [2.24, 2.45) is 0 Å². The van der Waals surface area contributed by atoms with E-state index >= 15 is 0 Å². The average Bonchev–Trinajstić information content (AvgIpc) is 2.82. The molecule has 184 valence electrons. The van der Waals surface area contributed by atoms with Crippen LogP contribution in [0.3, 0.4) is 0 Å². The van der Waals surface area contributed by atoms with Crippen LogP contribution in [0.5, 0.6) is 5.75 Å². The minimum absolute atomic E-state index is 0.152. The Bertz CT molecular complexity index is 973. The van der Waals surface area contributed by atoms with E-state index in [2.05, 4.69) is 39.3 Å². The van der Waals surface area contributed by atoms with E-state index in [-0.39, 0.29) is 13.6 Å². The first-order chi connectivity index (χ1) is 16.6. The zero-order valence-corrected chi connectivity index (χ0v) is 20.7. The van der Waals surface area contributed by atoms with Crippen LogP contribution in [0.15, 0.2) is 24.3 Å². The summed E-state index contributed by atoms with van der Waals surface area (Å²) in [5.74, 6) is 7.55. The van der Waals surface area contributed by atoms with E-state index in [9.17, 15) is 0 Å². The van der Waals surface area contributed by atoms with Crippen molar-refractivity contribution in [1.29, 1.82) is 0 Å². The van der Waals surface area contributed by atoms with Crippen LogP contribution in [0, 0.1) is 18.8 Å². The zero-order valence-electron chi connectivity index (χ0n) is 20.7. The van der Waals surface area contributed by atoms with Gasteiger partial charge < -0.3 is 29.2 Å². The van der Waals surface area contributed by atoms with Crippen LogP contribution in [0.1, 0.15) is 37.8 Å². The van der Waals surface area contributed by atoms with Crippen molar-refractivity contribution in [2.75, 3.05) is 58.9 Å². The third-order valence-corrected chi connectivity index (χ3v) is 5.48. The maximum Gasteiger partial charge on any atom is 0.189 e. The summed E-state index contributed by atoms with van der Waals surface area (Å²) in [6.45, 7) is 9.93. The molecule has 1 aromatic carbocycles. The summed E-state index contributed by atoms with van der Waals surface area (Å²) in [7, 11) is 2.15. The minimum Gasteiger partial charge on any atom is -0.467 e. The molecule has 1 aliphatic rings. The van der Waals surface area contributed by atoms with Crippen LogP contribution in [0.4, 0.5) is 5.82 Å². The highest BCUT2D eigenvalue weighted by Crippen LogP contribution is 2.32. The summed E-state index contributed by atoms with van der Waals surface area (Å²) in [5, 5.41) is 12.5. The molecule has 0 saturated carbocycles. The van der Waals surface area contributed by atoms with Crippen molar-refractivity contribution >= 4 is 5.82 Å². The summed E-state index contributed by atoms with van der Waals surface area (Å²) in [6.07, 6.45) is 2.33. The number of piperidine rings is 1. The number of nitrogens with one attached hydrogen (secondary N) is 1. The standard InChI is InChI=1S/C26H36N4O4/c1-5-31-18-33-14-8-9-21-11-12-23(24(16-21)34-19-32-6-2)26-20(3)15-25(28-29-26)27-22-10-7-13-30(4)17-22/h11-12,15-16,22H,5-7,10,13-14,17-19H2,1-4H3,(H,27,28). The Labute approximate surface area is 202 Å². The number of benzene rings is 1. The zero-order chi connectivity index (χ0) is 24.2. The number of rotatable bonds is 11. The number of hydrogen-bond acceptors (Lipinski definition) is 8. The van der Waals surface area contributed by atoms with Gasteiger partial charge in [0.2, 0.25) is 0 Å². The van der Waals surface area contributed by atoms with Gasteiger partial charge in [0.25, 0.3) is 0 Å². The summed E-state index contributed by atoms with van der Waals surface area (Å²) in [5.41, 5.74) is 3.47. The van der Waals surface area contributed by atoms with Gasteiger partial charge >= 0.3 is 0 Å². The lowest BCUT2D eigenvalue weighted by Gasteiger charge is -2.30. The Kier molecular flexibility index (Phi) is 10.6. The van der Waals surface area contributed by atoms with E-state index in [1.807, 2.05) is 45.0 Å². The number of likely N-dealkylation sites (tertiary alicyclic amines) is 1. The molecule has 1 unspecified atom stereocenters. The van der Waals surface area contributed by atoms with Crippen LogP contribution >= 0.6 is 0 Å². The number of aromatic nitrogens is 2. The predicted octanol–water partition coefficient (Wildman–Crippen LogP) is 3.69. The molecular weight excluding hydrogens is 432 g/mol. The maximum absolute atomic E-state index is 5.92. The lowest BCUT2D eigenvalue weighted by Crippen LogP contribution is -2.39. The Morgan fingerprint density at radius 1 is 1.09 bits per heavy atom. The normalized spacial score (nSPS) is 16.1. The third-order valence-electron chi connectivity index (χ3n) is 5.48. The van der Waals surface area contributed by atoms with Gasteiger partial charge in [0.1, 0.15) is 25.0 Å². The number of hydrogen-bond donors (Lipinski definition) is 1. The van der Waals surface area contributed by atoms with Gasteiger partial charge in [0.05, 0.1) is 5.69 Å². The first-order valence-electron chi connectivity index (χ1n) is 11.9. The Morgan fingerprint density at radius 2 is 1.91 bits per heavy atom. The predicted molar refractivity (Wildman–Crippen MR) is 133 cm³/mol. The molecule has 1 N–H and O–H groups in total. The second-order valence-corrected chi connectivity index (χ2v) is 8.23. The fraction of sp³-hybridized carbons (Fsp3) is 0.538. The Balaban J connectivity index is 1.76. The topological polar surface area (TPSA) is 78.0 Å². The molecule has 0 spiro atoms. The van der Waals surface area contributed by atoms with Crippen molar-refractivity contribution in [1.82, 2.24) is 15.1 Å². The van der Waals surface area contributed by atoms with Gasteiger partial charge in [0.15, 0.2) is 6.79 Å². The monoisotopic (exact) mass is 468 g/mol. The molecule has 0 radical (unpaired) electrons. The minimum atomic E-state index is 0.152. The average molecular weight is 469 g/mol. The molecule has 3 rings (SSSR count). The largest absolute Gasteiger partial charge is 0.467 e. The number of nitrogens with zero attached hydrogens (tertiary/aromatic N) is 3. The molecule has 2 aromatic rings. The fourth-order valence-corrected chi connectivity index (χ4v) is 3.79. The second-order valence-electron chi connectivity index (χ2n) is 8.23. The van der Waals surface area contributed by atoms with E-state index in [0.717, 1.165) is 47.7 Å². The molecule has 0 bridgehead atoms. The van der Waals surface area contributed by atoms with Gasteiger partial charge in [-0.1, -0.05) is 11.8 Å². The summed E-state index contributed by atoms with van der Waals surface area (Å²) in [4.78, 5) is 2.34. The fourth-order valence-electron chi connectivity index (χ4n) is 3.79. The van der Waals surface area contributed by atoms with Crippen LogP contribution in [0.2, 0.25) is 0 Å². The van der Waals surface area contributed by atoms with Crippen molar-refractivity contribution in [3.63, 3.8) is 0 Å². The summed E-state index contributed by atoms with van der Waals surface area (Å²) >= 11 is 0. The molecule has 1 saturated heterocycles. The highest BCUT2D eigenvalue weighted by Gasteiger charge is 2.18. The van der Waals surface area contributed by atoms with Crippen LogP contribution in [-0.2, 0) is 14.2 Å². The van der Waals surface area contributed by atoms with E-state index in [0.29, 0.717) is 31.6 Å². The van der Waals surface area contributed by atoms with Crippen molar-refractivity contribution in [3.05, 3.63) is 35.4 Å². The maximum atomic E-state index is 5.92. The van der Waals surface area contributed by atoms with Crippen LogP contribution in [0.25, 0.3) is 11.3 Å². The molecular formula is C26H36N4O4. The van der Waals surface area contributed by atoms with Crippen LogP contribution < -0.4 is 10.1 Å². The van der Waals surface area contributed by atoms with Gasteiger partial charge in [-0.25, -0.2) is 0 Å². The number of aryl methyl sites for hydroxylation is 1. The number of anilines is 1. The first kappa shape index (κ1) is 25.9. The van der Waals surface area contributed by atoms with Gasteiger partial charge in [-0.3, -0.25) is 0 Å². The van der Waals surface area contributed by atoms with E-state index in [1.165, 1.54) is 6.42 Å². The van der Waals surface area contributed by atoms with Crippen LogP contribution in [-0.4, -0.2) is 74.7 Å². The molecule has 8 heteroatoms. The molecule has 34 heavy (non-hydrogen) atoms. The van der Waals surface area contributed by atoms with Crippen molar-refractivity contribution in [2.45, 2.75) is 39.7 Å². The molecule has 1 aliphatic heterocycles. The number of ether oxygens (including phenoxy) is 4. The van der Waals surface area contributed by atoms with E-state index < -0.39 is 0 Å². The van der Waals surface area contributed by atoms with Crippen molar-refractivity contribution in [3.8, 4) is 28.8 Å². The van der Waals surface area contributed by atoms with Gasteiger partial charge in [-0.05, 0) is 77.0 Å². The smallest absolute Gasteiger partial charge is 0.189 e. The lowest BCUT2D eigenvalue weighted by molar-refractivity contribution is -0.0371. The molecule has 8 nitrogen and oxygen atoms in total. The second kappa shape index (κ2) is 13.9. The highest BCUT2D eigenvalue weighted by atomic mass is 16.7. The molecule has 0 amide bonds. The molecule has 0 aliphatic carbocycles. The first-order valence-corrected chi connectivity index (χ1v) is 11.9. The molecule has 1 fully saturated rings. The van der Waals surface area contributed by atoms with E-state index in [4.69, 9.17) is 18.9 Å². The molecule has 2 heterocycles. The summed E-state index contributed by atoms with van der Waals surface area (Å²) < 4.78 is 21.8. The summed E-state index contributed by atoms with van der Waals surface area (Å²) in [6, 6.07) is 8.25. The third kappa shape index (κ3) is 7.96. The highest BCUT2D eigenvalue weighted by molar-refractivity contribution is 5.71. The van der Waals surface area contributed by atoms with Gasteiger partial charge in [-0.2, -0.15) is 0 Å². The SMILES string of the molecule is CCOCOCC#Cc1ccc(-c2nnc(NC3CCCN(C)C3)cc2C)c(OCOCC)c1. The van der Waals surface area contributed by atoms with Gasteiger partial charge in [0, 0.05) is 36.9 Å². The van der Waals surface area contributed by atoms with Crippen molar-refractivity contribution < 1.29 is 18.9 Å². The number of likely N-dealkylation sites (N-methyl/N-ethyl adjacent to an activating group) is 1. The quantitative estimate of drug-likeness (QED) is 0.304. The Morgan fingerprint density at radius 3 is 2.68 bits per heavy atom. The van der Waals surface area contributed by atoms with Gasteiger partial charge in [-0.15, -0.1) is 10.2 Å². The van der Waals surface area contributed by atoms with E-state index in [1.54, 1.807) is 0 Å². The molecule has 1 atom stereocenters. The lowest BCUT2D eigenvalue weighted by atomic mass is 10.0. The Hall–Kier alpha value is -2.70. The molecule has 1 aromatic heterocycles.